The molecule has 0 aliphatic heterocycles. The second-order valence-corrected chi connectivity index (χ2v) is 3.69. The zero-order chi connectivity index (χ0) is 15.1. The van der Waals surface area contributed by atoms with Crippen molar-refractivity contribution in [3.63, 3.8) is 0 Å². The van der Waals surface area contributed by atoms with Crippen LogP contribution < -0.4 is 10.1 Å². The van der Waals surface area contributed by atoms with E-state index in [0.717, 1.165) is 0 Å². The third-order valence-electron chi connectivity index (χ3n) is 2.32. The molecule has 1 rings (SSSR count). The van der Waals surface area contributed by atoms with Gasteiger partial charge in [0.1, 0.15) is 6.61 Å². The van der Waals surface area contributed by atoms with Crippen LogP contribution in [0.25, 0.3) is 0 Å². The van der Waals surface area contributed by atoms with Crippen LogP contribution in [0.1, 0.15) is 6.92 Å². The van der Waals surface area contributed by atoms with Gasteiger partial charge < -0.3 is 14.8 Å². The quantitative estimate of drug-likeness (QED) is 0.346. The predicted molar refractivity (Wildman–Crippen MR) is 61.1 cm³/mol. The molecule has 1 N–H and O–H groups in total. The number of halogens is 5. The molecule has 0 heterocycles. The lowest BCUT2D eigenvalue weighted by Gasteiger charge is -2.10. The maximum Gasteiger partial charge on any atom is 0.206 e. The van der Waals surface area contributed by atoms with E-state index in [4.69, 9.17) is 4.74 Å². The first-order valence-electron chi connectivity index (χ1n) is 5.93. The summed E-state index contributed by atoms with van der Waals surface area (Å²) in [6.07, 6.45) is 0. The summed E-state index contributed by atoms with van der Waals surface area (Å²) in [5.74, 6) is -11.5. The van der Waals surface area contributed by atoms with E-state index in [0.29, 0.717) is 19.8 Å². The second kappa shape index (κ2) is 8.01. The molecule has 0 spiro atoms. The Morgan fingerprint density at radius 3 is 1.85 bits per heavy atom. The Balaban J connectivity index is 2.52. The molecule has 0 amide bonds. The van der Waals surface area contributed by atoms with Crippen molar-refractivity contribution in [2.24, 2.45) is 0 Å². The van der Waals surface area contributed by atoms with Crippen LogP contribution in [0.3, 0.4) is 0 Å². The van der Waals surface area contributed by atoms with E-state index >= 15 is 0 Å². The van der Waals surface area contributed by atoms with Crippen LogP contribution in [-0.2, 0) is 4.74 Å². The van der Waals surface area contributed by atoms with Gasteiger partial charge in [-0.1, -0.05) is 0 Å². The molecule has 0 atom stereocenters. The van der Waals surface area contributed by atoms with Crippen molar-refractivity contribution in [2.75, 3.05) is 32.9 Å². The Labute approximate surface area is 112 Å². The van der Waals surface area contributed by atoms with Crippen molar-refractivity contribution < 1.29 is 31.4 Å². The van der Waals surface area contributed by atoms with E-state index in [-0.39, 0.29) is 13.2 Å². The molecule has 1 aromatic carbocycles. The SMILES string of the molecule is CCOCCNCCOc1c(F)c(F)c(F)c(F)c1F. The standard InChI is InChI=1S/C12H14F5NO2/c1-2-19-5-3-18-4-6-20-12-10(16)8(14)7(13)9(15)11(12)17/h18H,2-6H2,1H3. The first-order valence-corrected chi connectivity index (χ1v) is 5.93. The zero-order valence-electron chi connectivity index (χ0n) is 10.7. The third kappa shape index (κ3) is 4.04. The maximum atomic E-state index is 13.2. The highest BCUT2D eigenvalue weighted by Crippen LogP contribution is 2.28. The molecule has 0 aliphatic rings. The molecule has 0 aromatic heterocycles. The molecular formula is C12H14F5NO2. The smallest absolute Gasteiger partial charge is 0.206 e. The van der Waals surface area contributed by atoms with Crippen LogP contribution in [0.2, 0.25) is 0 Å². The number of rotatable bonds is 8. The maximum absolute atomic E-state index is 13.2. The van der Waals surface area contributed by atoms with Crippen LogP contribution in [0, 0.1) is 29.1 Å². The third-order valence-corrected chi connectivity index (χ3v) is 2.32. The minimum absolute atomic E-state index is 0.173. The molecule has 20 heavy (non-hydrogen) atoms. The van der Waals surface area contributed by atoms with Crippen molar-refractivity contribution in [3.8, 4) is 5.75 Å². The molecule has 0 bridgehead atoms. The lowest BCUT2D eigenvalue weighted by Crippen LogP contribution is -2.25. The summed E-state index contributed by atoms with van der Waals surface area (Å²) in [4.78, 5) is 0. The lowest BCUT2D eigenvalue weighted by molar-refractivity contribution is 0.148. The number of hydrogen-bond donors (Lipinski definition) is 1. The van der Waals surface area contributed by atoms with Crippen LogP contribution in [0.4, 0.5) is 22.0 Å². The highest BCUT2D eigenvalue weighted by atomic mass is 19.2. The highest BCUT2D eigenvalue weighted by Gasteiger charge is 2.26. The summed E-state index contributed by atoms with van der Waals surface area (Å²) in [6, 6.07) is 0. The van der Waals surface area contributed by atoms with Crippen LogP contribution >= 0.6 is 0 Å². The summed E-state index contributed by atoms with van der Waals surface area (Å²) in [5.41, 5.74) is 0. The minimum Gasteiger partial charge on any atom is -0.486 e. The van der Waals surface area contributed by atoms with E-state index in [9.17, 15) is 22.0 Å². The Morgan fingerprint density at radius 2 is 1.30 bits per heavy atom. The van der Waals surface area contributed by atoms with E-state index in [1.807, 2.05) is 6.92 Å². The normalized spacial score (nSPS) is 10.9. The molecule has 0 saturated heterocycles. The first-order chi connectivity index (χ1) is 9.50. The van der Waals surface area contributed by atoms with E-state index in [2.05, 4.69) is 10.1 Å². The number of ether oxygens (including phenoxy) is 2. The van der Waals surface area contributed by atoms with Crippen molar-refractivity contribution in [3.05, 3.63) is 29.1 Å². The van der Waals surface area contributed by atoms with E-state index in [1.165, 1.54) is 0 Å². The number of nitrogens with one attached hydrogen (secondary N) is 1. The Hall–Kier alpha value is -1.41. The van der Waals surface area contributed by atoms with Gasteiger partial charge in [-0.15, -0.1) is 0 Å². The summed E-state index contributed by atoms with van der Waals surface area (Å²) in [6.45, 7) is 3.24. The molecule has 0 aliphatic carbocycles. The predicted octanol–water partition coefficient (Wildman–Crippen LogP) is 2.39. The summed E-state index contributed by atoms with van der Waals surface area (Å²) in [7, 11) is 0. The molecule has 3 nitrogen and oxygen atoms in total. The van der Waals surface area contributed by atoms with Crippen LogP contribution in [0.15, 0.2) is 0 Å². The molecule has 0 unspecified atom stereocenters. The van der Waals surface area contributed by atoms with Gasteiger partial charge in [0.05, 0.1) is 6.61 Å². The van der Waals surface area contributed by atoms with Gasteiger partial charge in [-0.3, -0.25) is 0 Å². The van der Waals surface area contributed by atoms with Gasteiger partial charge in [0.25, 0.3) is 0 Å². The van der Waals surface area contributed by atoms with Gasteiger partial charge in [0.2, 0.25) is 29.1 Å². The lowest BCUT2D eigenvalue weighted by atomic mass is 10.2. The van der Waals surface area contributed by atoms with E-state index < -0.39 is 34.8 Å². The zero-order valence-corrected chi connectivity index (χ0v) is 10.7. The summed E-state index contributed by atoms with van der Waals surface area (Å²) in [5, 5.41) is 2.81. The fraction of sp³-hybridized carbons (Fsp3) is 0.500. The number of benzene rings is 1. The molecule has 0 radical (unpaired) electrons. The monoisotopic (exact) mass is 299 g/mol. The highest BCUT2D eigenvalue weighted by molar-refractivity contribution is 5.29. The van der Waals surface area contributed by atoms with Crippen molar-refractivity contribution >= 4 is 0 Å². The second-order valence-electron chi connectivity index (χ2n) is 3.69. The average Bonchev–Trinajstić information content (AvgIpc) is 2.45. The van der Waals surface area contributed by atoms with Gasteiger partial charge in [0.15, 0.2) is 5.75 Å². The molecule has 0 fully saturated rings. The Bertz CT molecular complexity index is 427. The fourth-order valence-corrected chi connectivity index (χ4v) is 1.35. The molecule has 0 saturated carbocycles. The Morgan fingerprint density at radius 1 is 0.800 bits per heavy atom. The van der Waals surface area contributed by atoms with Gasteiger partial charge >= 0.3 is 0 Å². The van der Waals surface area contributed by atoms with Gasteiger partial charge in [0, 0.05) is 19.7 Å². The fourth-order valence-electron chi connectivity index (χ4n) is 1.35. The van der Waals surface area contributed by atoms with Crippen molar-refractivity contribution in [2.45, 2.75) is 6.92 Å². The Kier molecular flexibility index (Phi) is 6.66. The molecule has 114 valence electrons. The van der Waals surface area contributed by atoms with Crippen molar-refractivity contribution in [1.29, 1.82) is 0 Å². The van der Waals surface area contributed by atoms with Gasteiger partial charge in [-0.05, 0) is 6.92 Å². The van der Waals surface area contributed by atoms with Crippen LogP contribution in [0.5, 0.6) is 5.75 Å². The topological polar surface area (TPSA) is 30.5 Å². The molecule has 8 heteroatoms. The summed E-state index contributed by atoms with van der Waals surface area (Å²) >= 11 is 0. The van der Waals surface area contributed by atoms with Crippen LogP contribution in [-0.4, -0.2) is 32.9 Å². The van der Waals surface area contributed by atoms with Gasteiger partial charge in [-0.25, -0.2) is 13.2 Å². The van der Waals surface area contributed by atoms with E-state index in [1.54, 1.807) is 0 Å². The van der Waals surface area contributed by atoms with Gasteiger partial charge in [-0.2, -0.15) is 8.78 Å². The summed E-state index contributed by atoms with van der Waals surface area (Å²) < 4.78 is 74.4. The molecular weight excluding hydrogens is 285 g/mol. The average molecular weight is 299 g/mol. The molecule has 1 aromatic rings. The minimum atomic E-state index is -2.21. The van der Waals surface area contributed by atoms with Crippen molar-refractivity contribution in [1.82, 2.24) is 5.32 Å². The number of hydrogen-bond acceptors (Lipinski definition) is 3. The first kappa shape index (κ1) is 16.6. The largest absolute Gasteiger partial charge is 0.486 e.